The molecular formula is C36H41N3O8. The van der Waals surface area contributed by atoms with E-state index in [1.165, 1.54) is 4.90 Å². The zero-order chi connectivity index (χ0) is 34.3. The molecule has 47 heavy (non-hydrogen) atoms. The molecule has 11 heteroatoms. The van der Waals surface area contributed by atoms with Gasteiger partial charge in [0.15, 0.2) is 11.4 Å². The summed E-state index contributed by atoms with van der Waals surface area (Å²) in [5.74, 6) is -7.24. The summed E-state index contributed by atoms with van der Waals surface area (Å²) in [4.78, 5) is 54.0. The number of nitrogens with one attached hydrogen (secondary N) is 1. The van der Waals surface area contributed by atoms with Gasteiger partial charge in [0, 0.05) is 29.5 Å². The number of ketones is 2. The number of amides is 2. The van der Waals surface area contributed by atoms with Crippen molar-refractivity contribution >= 4 is 29.1 Å². The van der Waals surface area contributed by atoms with Gasteiger partial charge in [-0.3, -0.25) is 24.1 Å². The Kier molecular flexibility index (Phi) is 7.64. The average molecular weight is 644 g/mol. The first-order valence-corrected chi connectivity index (χ1v) is 15.9. The van der Waals surface area contributed by atoms with Crippen LogP contribution in [0.2, 0.25) is 0 Å². The van der Waals surface area contributed by atoms with Crippen LogP contribution >= 0.6 is 0 Å². The number of nitrogens with zero attached hydrogens (tertiary/aromatic N) is 1. The van der Waals surface area contributed by atoms with Crippen molar-refractivity contribution in [2.24, 2.45) is 23.5 Å². The largest absolute Gasteiger partial charge is 0.508 e. The summed E-state index contributed by atoms with van der Waals surface area (Å²) in [5, 5.41) is 49.4. The number of hydrogen-bond acceptors (Lipinski definition) is 9. The van der Waals surface area contributed by atoms with Crippen molar-refractivity contribution in [3.05, 3.63) is 69.5 Å². The van der Waals surface area contributed by atoms with Gasteiger partial charge in [0.2, 0.25) is 11.7 Å². The van der Waals surface area contributed by atoms with Gasteiger partial charge in [-0.15, -0.1) is 0 Å². The maximum absolute atomic E-state index is 14.3. The number of phenolic OH excluding ortho intramolecular Hbond substituents is 1. The molecule has 0 aliphatic heterocycles. The third kappa shape index (κ3) is 5.03. The van der Waals surface area contributed by atoms with Gasteiger partial charge < -0.3 is 31.5 Å². The van der Waals surface area contributed by atoms with E-state index in [1.807, 2.05) is 24.3 Å². The lowest BCUT2D eigenvalue weighted by molar-refractivity contribution is -0.153. The number of benzene rings is 2. The zero-order valence-corrected chi connectivity index (χ0v) is 27.2. The van der Waals surface area contributed by atoms with Crippen molar-refractivity contribution in [1.29, 1.82) is 0 Å². The van der Waals surface area contributed by atoms with Crippen molar-refractivity contribution in [2.45, 2.75) is 70.1 Å². The molecule has 4 atom stereocenters. The third-order valence-corrected chi connectivity index (χ3v) is 10.3. The number of phenols is 1. The monoisotopic (exact) mass is 643 g/mol. The summed E-state index contributed by atoms with van der Waals surface area (Å²) in [6.07, 6.45) is 1.75. The highest BCUT2D eigenvalue weighted by Gasteiger charge is 2.64. The highest BCUT2D eigenvalue weighted by Crippen LogP contribution is 2.54. The highest BCUT2D eigenvalue weighted by molar-refractivity contribution is 6.24. The summed E-state index contributed by atoms with van der Waals surface area (Å²) in [6.45, 7) is 6.29. The van der Waals surface area contributed by atoms with E-state index < -0.39 is 58.0 Å². The van der Waals surface area contributed by atoms with Crippen LogP contribution in [0.15, 0.2) is 47.2 Å². The van der Waals surface area contributed by atoms with E-state index in [9.17, 15) is 39.6 Å². The van der Waals surface area contributed by atoms with E-state index in [0.717, 1.165) is 24.0 Å². The molecule has 2 saturated carbocycles. The lowest BCUT2D eigenvalue weighted by Gasteiger charge is -2.50. The first-order chi connectivity index (χ1) is 22.0. The number of rotatable bonds is 6. The van der Waals surface area contributed by atoms with Crippen LogP contribution in [-0.4, -0.2) is 74.4 Å². The second kappa shape index (κ2) is 11.1. The van der Waals surface area contributed by atoms with Gasteiger partial charge in [-0.2, -0.15) is 0 Å². The Balaban J connectivity index is 1.54. The van der Waals surface area contributed by atoms with Gasteiger partial charge in [-0.05, 0) is 79.4 Å². The smallest absolute Gasteiger partial charge is 0.255 e. The van der Waals surface area contributed by atoms with Crippen LogP contribution in [0.1, 0.15) is 62.3 Å². The van der Waals surface area contributed by atoms with Gasteiger partial charge in [0.25, 0.3) is 5.91 Å². The summed E-state index contributed by atoms with van der Waals surface area (Å²) < 4.78 is 0. The fourth-order valence-corrected chi connectivity index (χ4v) is 7.58. The van der Waals surface area contributed by atoms with Crippen molar-refractivity contribution in [1.82, 2.24) is 10.2 Å². The molecule has 6 rings (SSSR count). The zero-order valence-electron chi connectivity index (χ0n) is 27.2. The molecule has 2 amide bonds. The Labute approximate surface area is 272 Å². The Hall–Kier alpha value is -4.48. The Morgan fingerprint density at radius 3 is 2.26 bits per heavy atom. The quantitative estimate of drug-likeness (QED) is 0.257. The van der Waals surface area contributed by atoms with Crippen molar-refractivity contribution < 1.29 is 39.6 Å². The summed E-state index contributed by atoms with van der Waals surface area (Å²) in [6, 6.07) is 8.56. The van der Waals surface area contributed by atoms with Crippen molar-refractivity contribution in [2.75, 3.05) is 14.1 Å². The second-order valence-corrected chi connectivity index (χ2v) is 14.6. The number of fused-ring (bicyclic) bond motifs is 3. The van der Waals surface area contributed by atoms with E-state index in [0.29, 0.717) is 16.7 Å². The third-order valence-electron chi connectivity index (χ3n) is 10.3. The molecule has 7 N–H and O–H groups in total. The SMILES string of the molecule is CN(C)C1C(=O)C(C(N)=O)=C(O)[C@@]2(O)C(=O)C3=C(O)c4c(O)c(CNC(=O)C5CC5)cc(-c5ccc(C(C)(C)C)cc5)c4C[C@H]3C[C@@H]12. The number of nitrogens with two attached hydrogens (primary N) is 1. The minimum Gasteiger partial charge on any atom is -0.508 e. The summed E-state index contributed by atoms with van der Waals surface area (Å²) in [5.41, 5.74) is 5.00. The molecule has 0 saturated heterocycles. The molecule has 11 nitrogen and oxygen atoms in total. The summed E-state index contributed by atoms with van der Waals surface area (Å²) in [7, 11) is 3.13. The van der Waals surface area contributed by atoms with Gasteiger partial charge >= 0.3 is 0 Å². The number of primary amides is 1. The van der Waals surface area contributed by atoms with E-state index in [-0.39, 0.29) is 53.5 Å². The molecule has 1 unspecified atom stereocenters. The fourth-order valence-electron chi connectivity index (χ4n) is 7.58. The average Bonchev–Trinajstić information content (AvgIpc) is 3.84. The fraction of sp³-hybridized carbons (Fsp3) is 0.444. The van der Waals surface area contributed by atoms with Crippen LogP contribution in [0.5, 0.6) is 5.75 Å². The number of carbonyl (C=O) groups excluding carboxylic acids is 4. The number of likely N-dealkylation sites (N-methyl/N-ethyl adjacent to an activating group) is 1. The predicted octanol–water partition coefficient (Wildman–Crippen LogP) is 2.95. The van der Waals surface area contributed by atoms with Gasteiger partial charge in [0.1, 0.15) is 22.8 Å². The first kappa shape index (κ1) is 32.5. The molecule has 4 aliphatic carbocycles. The van der Waals surface area contributed by atoms with Crippen LogP contribution in [0.25, 0.3) is 16.9 Å². The molecule has 4 aliphatic rings. The molecule has 0 aromatic heterocycles. The molecule has 0 radical (unpaired) electrons. The topological polar surface area (TPSA) is 190 Å². The maximum atomic E-state index is 14.3. The molecule has 0 heterocycles. The van der Waals surface area contributed by atoms with E-state index in [2.05, 4.69) is 26.1 Å². The molecule has 2 fully saturated rings. The number of aliphatic hydroxyl groups is 3. The Morgan fingerprint density at radius 2 is 1.70 bits per heavy atom. The molecule has 2 aromatic carbocycles. The standard InChI is InChI=1S/C36H41N3O8/c1-35(2,3)20-10-8-16(9-11-20)21-13-19(15-38-34(46)17-6-7-17)28(40)25-22(21)12-18-14-23-27(39(4)5)30(42)26(33(37)45)32(44)36(23,47)31(43)24(18)29(25)41/h8-11,13,17-18,23,27,40-41,44,47H,6-7,12,14-15H2,1-5H3,(H2,37,45)(H,38,46)/t18-,23-,27?,36-/m0/s1. The van der Waals surface area contributed by atoms with Crippen LogP contribution in [0, 0.1) is 17.8 Å². The van der Waals surface area contributed by atoms with Crippen molar-refractivity contribution in [3.8, 4) is 16.9 Å². The van der Waals surface area contributed by atoms with Crippen LogP contribution in [0.4, 0.5) is 0 Å². The van der Waals surface area contributed by atoms with Gasteiger partial charge in [-0.1, -0.05) is 45.0 Å². The lowest BCUT2D eigenvalue weighted by atomic mass is 9.57. The van der Waals surface area contributed by atoms with E-state index in [1.54, 1.807) is 20.2 Å². The molecule has 0 spiro atoms. The molecular weight excluding hydrogens is 602 g/mol. The highest BCUT2D eigenvalue weighted by atomic mass is 16.3. The lowest BCUT2D eigenvalue weighted by Crippen LogP contribution is -2.65. The Morgan fingerprint density at radius 1 is 1.06 bits per heavy atom. The molecule has 248 valence electrons. The van der Waals surface area contributed by atoms with Gasteiger partial charge in [-0.25, -0.2) is 0 Å². The summed E-state index contributed by atoms with van der Waals surface area (Å²) >= 11 is 0. The number of aliphatic hydroxyl groups excluding tert-OH is 2. The van der Waals surface area contributed by atoms with Crippen LogP contribution < -0.4 is 11.1 Å². The van der Waals surface area contributed by atoms with Crippen molar-refractivity contribution in [3.63, 3.8) is 0 Å². The number of Topliss-reactive ketones (excluding diaryl/α,β-unsaturated/α-hetero) is 2. The molecule has 0 bridgehead atoms. The second-order valence-electron chi connectivity index (χ2n) is 14.6. The first-order valence-electron chi connectivity index (χ1n) is 15.9. The number of carbonyl (C=O) groups is 4. The maximum Gasteiger partial charge on any atom is 0.255 e. The number of hydrogen-bond donors (Lipinski definition) is 6. The number of aromatic hydroxyl groups is 1. The van der Waals surface area contributed by atoms with E-state index >= 15 is 0 Å². The predicted molar refractivity (Wildman–Crippen MR) is 173 cm³/mol. The van der Waals surface area contributed by atoms with Crippen LogP contribution in [0.3, 0.4) is 0 Å². The normalized spacial score (nSPS) is 25.8. The molecule has 2 aromatic rings. The minimum absolute atomic E-state index is 0.00522. The van der Waals surface area contributed by atoms with Gasteiger partial charge in [0.05, 0.1) is 11.6 Å². The van der Waals surface area contributed by atoms with Crippen LogP contribution in [-0.2, 0) is 37.6 Å². The van der Waals surface area contributed by atoms with E-state index in [4.69, 9.17) is 5.73 Å². The minimum atomic E-state index is -2.72. The Bertz CT molecular complexity index is 1800.